The predicted octanol–water partition coefficient (Wildman–Crippen LogP) is 1.61. The maximum absolute atomic E-state index is 11.7. The minimum absolute atomic E-state index is 0.0400. The summed E-state index contributed by atoms with van der Waals surface area (Å²) in [5, 5.41) is 13.8. The third kappa shape index (κ3) is 3.69. The van der Waals surface area contributed by atoms with Gasteiger partial charge in [0.15, 0.2) is 0 Å². The van der Waals surface area contributed by atoms with Crippen molar-refractivity contribution in [3.05, 3.63) is 34.5 Å². The maximum Gasteiger partial charge on any atom is 0.227 e. The van der Waals surface area contributed by atoms with E-state index >= 15 is 0 Å². The van der Waals surface area contributed by atoms with Crippen LogP contribution in [0.1, 0.15) is 34.8 Å². The summed E-state index contributed by atoms with van der Waals surface area (Å²) in [6.45, 7) is 6.49. The second-order valence-electron chi connectivity index (χ2n) is 4.98. The van der Waals surface area contributed by atoms with Crippen molar-refractivity contribution < 1.29 is 9.32 Å². The van der Waals surface area contributed by atoms with Crippen LogP contribution in [0.25, 0.3) is 0 Å². The molecular weight excluding hydrogens is 256 g/mol. The van der Waals surface area contributed by atoms with Crippen molar-refractivity contribution in [1.29, 1.82) is 0 Å². The molecule has 0 radical (unpaired) electrons. The lowest BCUT2D eigenvalue weighted by Crippen LogP contribution is -2.26. The van der Waals surface area contributed by atoms with Crippen molar-refractivity contribution in [1.82, 2.24) is 20.7 Å². The van der Waals surface area contributed by atoms with Crippen molar-refractivity contribution in [2.24, 2.45) is 0 Å². The number of carbonyl (C=O) groups excluding carboxylic acids is 1. The van der Waals surface area contributed by atoms with Crippen LogP contribution in [-0.4, -0.2) is 27.8 Å². The highest BCUT2D eigenvalue weighted by atomic mass is 16.5. The van der Waals surface area contributed by atoms with Crippen LogP contribution in [0.15, 0.2) is 10.6 Å². The molecule has 0 aliphatic heterocycles. The largest absolute Gasteiger partial charge is 0.361 e. The average Bonchev–Trinajstić information content (AvgIpc) is 2.93. The van der Waals surface area contributed by atoms with Crippen LogP contribution in [0.2, 0.25) is 0 Å². The number of nitrogens with one attached hydrogen (secondary N) is 2. The van der Waals surface area contributed by atoms with E-state index in [1.165, 1.54) is 5.56 Å². The Labute approximate surface area is 117 Å². The molecule has 6 nitrogen and oxygen atoms in total. The van der Waals surface area contributed by atoms with E-state index in [9.17, 15) is 4.79 Å². The van der Waals surface area contributed by atoms with Crippen molar-refractivity contribution in [3.63, 3.8) is 0 Å². The molecule has 0 fully saturated rings. The second-order valence-corrected chi connectivity index (χ2v) is 4.98. The molecule has 0 unspecified atom stereocenters. The summed E-state index contributed by atoms with van der Waals surface area (Å²) in [4.78, 5) is 11.7. The highest BCUT2D eigenvalue weighted by molar-refractivity contribution is 5.77. The van der Waals surface area contributed by atoms with Crippen LogP contribution in [0.4, 0.5) is 0 Å². The van der Waals surface area contributed by atoms with Crippen molar-refractivity contribution in [2.45, 2.75) is 40.0 Å². The Kier molecular flexibility index (Phi) is 4.55. The molecular formula is C14H20N4O2. The fraction of sp³-hybridized carbons (Fsp3) is 0.500. The number of aromatic amines is 1. The zero-order valence-electron chi connectivity index (χ0n) is 12.1. The monoisotopic (exact) mass is 276 g/mol. The summed E-state index contributed by atoms with van der Waals surface area (Å²) in [7, 11) is 0. The SMILES string of the molecule is Cc1cc(CC(=O)NCCCc2c(C)n[nH]c2C)on1. The van der Waals surface area contributed by atoms with E-state index in [4.69, 9.17) is 4.52 Å². The lowest BCUT2D eigenvalue weighted by molar-refractivity contribution is -0.120. The van der Waals surface area contributed by atoms with Gasteiger partial charge in [-0.3, -0.25) is 9.89 Å². The molecule has 2 N–H and O–H groups in total. The van der Waals surface area contributed by atoms with E-state index in [2.05, 4.69) is 20.7 Å². The normalized spacial score (nSPS) is 10.8. The van der Waals surface area contributed by atoms with Gasteiger partial charge in [-0.15, -0.1) is 0 Å². The Balaban J connectivity index is 1.69. The van der Waals surface area contributed by atoms with Gasteiger partial charge in [-0.05, 0) is 39.2 Å². The van der Waals surface area contributed by atoms with Gasteiger partial charge in [0.2, 0.25) is 5.91 Å². The fourth-order valence-electron chi connectivity index (χ4n) is 2.16. The van der Waals surface area contributed by atoms with Gasteiger partial charge in [-0.25, -0.2) is 0 Å². The van der Waals surface area contributed by atoms with Crippen molar-refractivity contribution in [3.8, 4) is 0 Å². The van der Waals surface area contributed by atoms with E-state index in [0.717, 1.165) is 29.9 Å². The second kappa shape index (κ2) is 6.36. The first-order valence-electron chi connectivity index (χ1n) is 6.75. The Bertz CT molecular complexity index is 566. The molecule has 2 aromatic rings. The molecule has 0 atom stereocenters. The molecule has 0 spiro atoms. The van der Waals surface area contributed by atoms with Crippen LogP contribution in [0.5, 0.6) is 0 Å². The van der Waals surface area contributed by atoms with Gasteiger partial charge in [-0.2, -0.15) is 5.10 Å². The van der Waals surface area contributed by atoms with Crippen LogP contribution in [0.3, 0.4) is 0 Å². The number of aryl methyl sites for hydroxylation is 3. The first-order chi connectivity index (χ1) is 9.56. The summed E-state index contributed by atoms with van der Waals surface area (Å²) in [5.74, 6) is 0.559. The smallest absolute Gasteiger partial charge is 0.227 e. The van der Waals surface area contributed by atoms with E-state index < -0.39 is 0 Å². The summed E-state index contributed by atoms with van der Waals surface area (Å²) in [5.41, 5.74) is 4.17. The minimum atomic E-state index is -0.0400. The molecule has 0 saturated carbocycles. The molecule has 0 bridgehead atoms. The zero-order chi connectivity index (χ0) is 14.5. The third-order valence-electron chi connectivity index (χ3n) is 3.22. The molecule has 0 aromatic carbocycles. The molecule has 0 aliphatic carbocycles. The summed E-state index contributed by atoms with van der Waals surface area (Å²) < 4.78 is 5.01. The van der Waals surface area contributed by atoms with Gasteiger partial charge in [-0.1, -0.05) is 5.16 Å². The molecule has 2 aromatic heterocycles. The quantitative estimate of drug-likeness (QED) is 0.785. The van der Waals surface area contributed by atoms with Crippen LogP contribution < -0.4 is 5.32 Å². The standard InChI is InChI=1S/C14H20N4O2/c1-9-7-12(20-18-9)8-14(19)15-6-4-5-13-10(2)16-17-11(13)3/h7H,4-6,8H2,1-3H3,(H,15,19)(H,16,17). The molecule has 0 aliphatic rings. The van der Waals surface area contributed by atoms with Crippen molar-refractivity contribution >= 4 is 5.91 Å². The van der Waals surface area contributed by atoms with Crippen molar-refractivity contribution in [2.75, 3.05) is 6.54 Å². The predicted molar refractivity (Wildman–Crippen MR) is 74.3 cm³/mol. The topological polar surface area (TPSA) is 83.8 Å². The molecule has 1 amide bonds. The highest BCUT2D eigenvalue weighted by Crippen LogP contribution is 2.11. The number of nitrogens with zero attached hydrogens (tertiary/aromatic N) is 2. The van der Waals surface area contributed by atoms with Crippen LogP contribution in [0, 0.1) is 20.8 Å². The van der Waals surface area contributed by atoms with E-state index in [-0.39, 0.29) is 12.3 Å². The lowest BCUT2D eigenvalue weighted by atomic mass is 10.1. The van der Waals surface area contributed by atoms with Gasteiger partial charge in [0.05, 0.1) is 17.8 Å². The van der Waals surface area contributed by atoms with Gasteiger partial charge >= 0.3 is 0 Å². The maximum atomic E-state index is 11.7. The summed E-state index contributed by atoms with van der Waals surface area (Å²) in [6, 6.07) is 1.78. The third-order valence-corrected chi connectivity index (χ3v) is 3.22. The van der Waals surface area contributed by atoms with Gasteiger partial charge in [0, 0.05) is 18.3 Å². The van der Waals surface area contributed by atoms with Gasteiger partial charge in [0.25, 0.3) is 0 Å². The number of hydrogen-bond donors (Lipinski definition) is 2. The number of rotatable bonds is 6. The van der Waals surface area contributed by atoms with E-state index in [0.29, 0.717) is 12.3 Å². The zero-order valence-corrected chi connectivity index (χ0v) is 12.1. The van der Waals surface area contributed by atoms with E-state index in [1.807, 2.05) is 20.8 Å². The number of amides is 1. The molecule has 6 heteroatoms. The lowest BCUT2D eigenvalue weighted by Gasteiger charge is -2.04. The summed E-state index contributed by atoms with van der Waals surface area (Å²) in [6.07, 6.45) is 2.04. The number of hydrogen-bond acceptors (Lipinski definition) is 4. The Morgan fingerprint density at radius 2 is 2.20 bits per heavy atom. The van der Waals surface area contributed by atoms with E-state index in [1.54, 1.807) is 6.07 Å². The molecule has 0 saturated heterocycles. The van der Waals surface area contributed by atoms with Crippen LogP contribution in [-0.2, 0) is 17.6 Å². The number of H-pyrrole nitrogens is 1. The van der Waals surface area contributed by atoms with Gasteiger partial charge < -0.3 is 9.84 Å². The fourth-order valence-corrected chi connectivity index (χ4v) is 2.16. The Morgan fingerprint density at radius 1 is 1.40 bits per heavy atom. The molecule has 20 heavy (non-hydrogen) atoms. The number of aromatic nitrogens is 3. The molecule has 2 rings (SSSR count). The van der Waals surface area contributed by atoms with Gasteiger partial charge in [0.1, 0.15) is 5.76 Å². The average molecular weight is 276 g/mol. The molecule has 108 valence electrons. The Hall–Kier alpha value is -2.11. The minimum Gasteiger partial charge on any atom is -0.361 e. The summed E-state index contributed by atoms with van der Waals surface area (Å²) >= 11 is 0. The highest BCUT2D eigenvalue weighted by Gasteiger charge is 2.09. The first-order valence-corrected chi connectivity index (χ1v) is 6.75. The Morgan fingerprint density at radius 3 is 2.80 bits per heavy atom. The first kappa shape index (κ1) is 14.3. The van der Waals surface area contributed by atoms with Crippen LogP contribution >= 0.6 is 0 Å². The molecule has 2 heterocycles. The number of carbonyl (C=O) groups is 1.